The second-order valence-corrected chi connectivity index (χ2v) is 7.75. The molecule has 32 heavy (non-hydrogen) atoms. The molecule has 164 valence electrons. The van der Waals surface area contributed by atoms with Crippen molar-refractivity contribution >= 4 is 17.6 Å². The topological polar surface area (TPSA) is 126 Å². The van der Waals surface area contributed by atoms with Crippen LogP contribution in [0, 0.1) is 0 Å². The van der Waals surface area contributed by atoms with Gasteiger partial charge in [-0.2, -0.15) is 10.2 Å². The van der Waals surface area contributed by atoms with Crippen LogP contribution in [-0.4, -0.2) is 57.6 Å². The van der Waals surface area contributed by atoms with Crippen LogP contribution in [0.1, 0.15) is 51.1 Å². The van der Waals surface area contributed by atoms with Crippen LogP contribution in [0.15, 0.2) is 37.1 Å². The summed E-state index contributed by atoms with van der Waals surface area (Å²) < 4.78 is 3.58. The van der Waals surface area contributed by atoms with Crippen LogP contribution < -0.4 is 5.32 Å². The van der Waals surface area contributed by atoms with E-state index in [1.807, 2.05) is 10.9 Å². The molecule has 4 aromatic heterocycles. The summed E-state index contributed by atoms with van der Waals surface area (Å²) in [5, 5.41) is 14.3. The Kier molecular flexibility index (Phi) is 5.13. The molecule has 0 spiro atoms. The highest BCUT2D eigenvalue weighted by Crippen LogP contribution is 2.22. The summed E-state index contributed by atoms with van der Waals surface area (Å²) in [4.78, 5) is 35.8. The molecule has 2 amide bonds. The third-order valence-corrected chi connectivity index (χ3v) is 5.48. The number of amides is 2. The van der Waals surface area contributed by atoms with Crippen molar-refractivity contribution in [2.75, 3.05) is 6.54 Å². The molecule has 5 rings (SSSR count). The lowest BCUT2D eigenvalue weighted by Crippen LogP contribution is -2.36. The zero-order chi connectivity index (χ0) is 22.1. The fourth-order valence-corrected chi connectivity index (χ4v) is 3.89. The Bertz CT molecular complexity index is 1250. The van der Waals surface area contributed by atoms with E-state index < -0.39 is 0 Å². The fraction of sp³-hybridized carbons (Fsp3) is 0.333. The minimum Gasteiger partial charge on any atom is -0.346 e. The number of nitrogens with zero attached hydrogens (tertiary/aromatic N) is 7. The first-order valence-corrected chi connectivity index (χ1v) is 10.6. The van der Waals surface area contributed by atoms with E-state index in [4.69, 9.17) is 0 Å². The van der Waals surface area contributed by atoms with E-state index in [2.05, 4.69) is 37.5 Å². The first-order chi connectivity index (χ1) is 15.6. The van der Waals surface area contributed by atoms with Crippen LogP contribution in [-0.2, 0) is 26.1 Å². The fourth-order valence-electron chi connectivity index (χ4n) is 3.89. The Morgan fingerprint density at radius 2 is 2.19 bits per heavy atom. The van der Waals surface area contributed by atoms with Gasteiger partial charge in [-0.3, -0.25) is 23.8 Å². The van der Waals surface area contributed by atoms with Gasteiger partial charge < -0.3 is 10.2 Å². The van der Waals surface area contributed by atoms with Crippen molar-refractivity contribution in [2.45, 2.75) is 39.4 Å². The quantitative estimate of drug-likeness (QED) is 0.470. The summed E-state index contributed by atoms with van der Waals surface area (Å²) in [7, 11) is 0. The van der Waals surface area contributed by atoms with Gasteiger partial charge in [-0.05, 0) is 18.9 Å². The van der Waals surface area contributed by atoms with Crippen molar-refractivity contribution in [1.29, 1.82) is 0 Å². The molecule has 0 fully saturated rings. The van der Waals surface area contributed by atoms with Gasteiger partial charge in [0.2, 0.25) is 5.78 Å². The Hall–Kier alpha value is -4.02. The number of nitrogens with one attached hydrogen (secondary N) is 2. The highest BCUT2D eigenvalue weighted by Gasteiger charge is 2.29. The van der Waals surface area contributed by atoms with Crippen LogP contribution in [0.3, 0.4) is 0 Å². The minimum atomic E-state index is -0.239. The van der Waals surface area contributed by atoms with Crippen molar-refractivity contribution in [3.8, 4) is 0 Å². The zero-order valence-corrected chi connectivity index (χ0v) is 17.7. The zero-order valence-electron chi connectivity index (χ0n) is 17.7. The molecule has 11 heteroatoms. The molecule has 0 atom stereocenters. The molecule has 0 unspecified atom stereocenters. The van der Waals surface area contributed by atoms with Gasteiger partial charge in [0.1, 0.15) is 5.69 Å². The highest BCUT2D eigenvalue weighted by atomic mass is 16.2. The Morgan fingerprint density at radius 3 is 3.03 bits per heavy atom. The molecule has 0 radical (unpaired) electrons. The SMILES string of the molecule is CCCn1cc(CNC(=O)c2n[nH]c3c2CCN(C(=O)c2cn4cccnc4n2)C3)cn1. The average Bonchev–Trinajstić information content (AvgIpc) is 3.54. The molecule has 0 aromatic carbocycles. The average molecular weight is 433 g/mol. The van der Waals surface area contributed by atoms with Gasteiger partial charge >= 0.3 is 0 Å². The summed E-state index contributed by atoms with van der Waals surface area (Å²) in [6.07, 6.45) is 10.3. The first-order valence-electron chi connectivity index (χ1n) is 10.6. The molecular formula is C21H23N9O2. The van der Waals surface area contributed by atoms with E-state index in [1.165, 1.54) is 0 Å². The molecule has 0 aliphatic carbocycles. The first kappa shape index (κ1) is 19.9. The molecule has 0 bridgehead atoms. The summed E-state index contributed by atoms with van der Waals surface area (Å²) >= 11 is 0. The van der Waals surface area contributed by atoms with Crippen LogP contribution in [0.4, 0.5) is 0 Å². The summed E-state index contributed by atoms with van der Waals surface area (Å²) in [5.74, 6) is 0.0667. The predicted molar refractivity (Wildman–Crippen MR) is 114 cm³/mol. The van der Waals surface area contributed by atoms with E-state index in [9.17, 15) is 9.59 Å². The number of rotatable bonds is 6. The standard InChI is InChI=1S/C21H23N9O2/c1-2-6-30-11-14(10-24-30)9-23-19(31)18-15-4-8-28(12-16(15)26-27-18)20(32)17-13-29-7-3-5-22-21(29)25-17/h3,5,7,10-11,13H,2,4,6,8-9,12H2,1H3,(H,23,31)(H,26,27). The lowest BCUT2D eigenvalue weighted by atomic mass is 10.0. The van der Waals surface area contributed by atoms with Crippen LogP contribution in [0.25, 0.3) is 5.78 Å². The summed E-state index contributed by atoms with van der Waals surface area (Å²) in [6, 6.07) is 1.78. The lowest BCUT2D eigenvalue weighted by Gasteiger charge is -2.26. The Balaban J connectivity index is 1.25. The van der Waals surface area contributed by atoms with Gasteiger partial charge in [-0.25, -0.2) is 9.97 Å². The van der Waals surface area contributed by atoms with Crippen molar-refractivity contribution in [3.05, 3.63) is 65.3 Å². The molecule has 1 aliphatic rings. The van der Waals surface area contributed by atoms with E-state index in [0.29, 0.717) is 43.2 Å². The van der Waals surface area contributed by atoms with E-state index in [-0.39, 0.29) is 11.8 Å². The van der Waals surface area contributed by atoms with Crippen LogP contribution >= 0.6 is 0 Å². The third kappa shape index (κ3) is 3.72. The van der Waals surface area contributed by atoms with Crippen molar-refractivity contribution < 1.29 is 9.59 Å². The Labute approximate surface area is 183 Å². The largest absolute Gasteiger partial charge is 0.346 e. The number of imidazole rings is 1. The van der Waals surface area contributed by atoms with Gasteiger partial charge in [-0.1, -0.05) is 6.92 Å². The van der Waals surface area contributed by atoms with Crippen LogP contribution in [0.2, 0.25) is 0 Å². The third-order valence-electron chi connectivity index (χ3n) is 5.48. The maximum Gasteiger partial charge on any atom is 0.274 e. The second kappa shape index (κ2) is 8.25. The molecular weight excluding hydrogens is 410 g/mol. The van der Waals surface area contributed by atoms with Gasteiger partial charge in [0.05, 0.1) is 18.4 Å². The summed E-state index contributed by atoms with van der Waals surface area (Å²) in [6.45, 7) is 4.15. The molecule has 5 heterocycles. The van der Waals surface area contributed by atoms with E-state index in [1.54, 1.807) is 40.2 Å². The van der Waals surface area contributed by atoms with E-state index >= 15 is 0 Å². The molecule has 0 saturated carbocycles. The van der Waals surface area contributed by atoms with Gasteiger partial charge in [-0.15, -0.1) is 0 Å². The Morgan fingerprint density at radius 1 is 1.28 bits per heavy atom. The minimum absolute atomic E-state index is 0.175. The van der Waals surface area contributed by atoms with Crippen molar-refractivity contribution in [1.82, 2.24) is 44.6 Å². The lowest BCUT2D eigenvalue weighted by molar-refractivity contribution is 0.0727. The van der Waals surface area contributed by atoms with Gasteiger partial charge in [0.15, 0.2) is 5.69 Å². The number of carbonyl (C=O) groups is 2. The number of carbonyl (C=O) groups excluding carboxylic acids is 2. The number of aromatic nitrogens is 7. The number of hydrogen-bond donors (Lipinski definition) is 2. The molecule has 0 saturated heterocycles. The smallest absolute Gasteiger partial charge is 0.274 e. The molecule has 2 N–H and O–H groups in total. The maximum atomic E-state index is 12.9. The number of aromatic amines is 1. The highest BCUT2D eigenvalue weighted by molar-refractivity contribution is 5.95. The number of H-pyrrole nitrogens is 1. The molecule has 11 nitrogen and oxygen atoms in total. The van der Waals surface area contributed by atoms with Gasteiger partial charge in [0, 0.05) is 55.5 Å². The maximum absolute atomic E-state index is 12.9. The second-order valence-electron chi connectivity index (χ2n) is 7.75. The predicted octanol–water partition coefficient (Wildman–Crippen LogP) is 1.19. The summed E-state index contributed by atoms with van der Waals surface area (Å²) in [5.41, 5.74) is 3.28. The molecule has 4 aromatic rings. The van der Waals surface area contributed by atoms with Crippen molar-refractivity contribution in [3.63, 3.8) is 0 Å². The monoisotopic (exact) mass is 433 g/mol. The normalized spacial score (nSPS) is 13.3. The number of fused-ring (bicyclic) bond motifs is 2. The van der Waals surface area contributed by atoms with E-state index in [0.717, 1.165) is 29.8 Å². The molecule has 1 aliphatic heterocycles. The number of hydrogen-bond acceptors (Lipinski definition) is 6. The van der Waals surface area contributed by atoms with Crippen LogP contribution in [0.5, 0.6) is 0 Å². The van der Waals surface area contributed by atoms with Crippen molar-refractivity contribution in [2.24, 2.45) is 0 Å². The number of aryl methyl sites for hydroxylation is 1. The van der Waals surface area contributed by atoms with Gasteiger partial charge in [0.25, 0.3) is 11.8 Å².